The van der Waals surface area contributed by atoms with Crippen LogP contribution in [0.5, 0.6) is 0 Å². The van der Waals surface area contributed by atoms with Crippen LogP contribution in [0, 0.1) is 0 Å². The van der Waals surface area contributed by atoms with E-state index in [1.54, 1.807) is 6.07 Å². The quantitative estimate of drug-likeness (QED) is 0.861. The number of nitrogens with two attached hydrogens (primary N) is 1. The Labute approximate surface area is 120 Å². The van der Waals surface area contributed by atoms with Gasteiger partial charge in [0.25, 0.3) is 11.8 Å². The molecule has 8 heteroatoms. The molecule has 2 aromatic rings. The predicted molar refractivity (Wildman–Crippen MR) is 72.3 cm³/mol. The first kappa shape index (κ1) is 13.5. The molecule has 2 amide bonds. The van der Waals surface area contributed by atoms with Gasteiger partial charge in [-0.25, -0.2) is 14.6 Å². The number of aromatic nitrogens is 3. The number of primary amides is 1. The van der Waals surface area contributed by atoms with Gasteiger partial charge in [0.1, 0.15) is 11.3 Å². The summed E-state index contributed by atoms with van der Waals surface area (Å²) in [5.41, 5.74) is 6.00. The minimum Gasteiger partial charge on any atom is -0.365 e. The molecular formula is C13H15N5O3. The second-order valence-electron chi connectivity index (χ2n) is 4.79. The molecule has 2 aromatic heterocycles. The lowest BCUT2D eigenvalue weighted by atomic mass is 10.2. The number of carbonyl (C=O) groups is 2. The van der Waals surface area contributed by atoms with E-state index < -0.39 is 5.91 Å². The first-order valence-corrected chi connectivity index (χ1v) is 6.76. The molecule has 21 heavy (non-hydrogen) atoms. The van der Waals surface area contributed by atoms with Gasteiger partial charge in [-0.3, -0.25) is 14.4 Å². The number of rotatable bonds is 2. The maximum atomic E-state index is 12.5. The van der Waals surface area contributed by atoms with Crippen LogP contribution < -0.4 is 5.73 Å². The zero-order valence-corrected chi connectivity index (χ0v) is 11.4. The summed E-state index contributed by atoms with van der Waals surface area (Å²) in [4.78, 5) is 33.4. The van der Waals surface area contributed by atoms with E-state index in [0.29, 0.717) is 13.2 Å². The fourth-order valence-corrected chi connectivity index (χ4v) is 2.29. The average Bonchev–Trinajstić information content (AvgIpc) is 2.73. The SMILES string of the molecule is NC(=O)c1cnn2c(C(=O)N3CCCCCO3)ccnc12. The molecule has 1 aliphatic heterocycles. The number of amides is 2. The molecule has 8 nitrogen and oxygen atoms in total. The maximum absolute atomic E-state index is 12.5. The van der Waals surface area contributed by atoms with Crippen molar-refractivity contribution in [3.05, 3.63) is 29.7 Å². The fraction of sp³-hybridized carbons (Fsp3) is 0.385. The van der Waals surface area contributed by atoms with Crippen LogP contribution in [0.2, 0.25) is 0 Å². The van der Waals surface area contributed by atoms with Gasteiger partial charge < -0.3 is 5.73 Å². The van der Waals surface area contributed by atoms with E-state index in [-0.39, 0.29) is 22.8 Å². The van der Waals surface area contributed by atoms with E-state index in [9.17, 15) is 9.59 Å². The highest BCUT2D eigenvalue weighted by Gasteiger charge is 2.23. The number of carbonyl (C=O) groups excluding carboxylic acids is 2. The van der Waals surface area contributed by atoms with Crippen molar-refractivity contribution in [3.63, 3.8) is 0 Å². The number of hydrogen-bond acceptors (Lipinski definition) is 5. The van der Waals surface area contributed by atoms with Crippen molar-refractivity contribution in [1.29, 1.82) is 0 Å². The van der Waals surface area contributed by atoms with Gasteiger partial charge in [0.2, 0.25) is 0 Å². The summed E-state index contributed by atoms with van der Waals surface area (Å²) in [6, 6.07) is 1.54. The minimum absolute atomic E-state index is 0.182. The Balaban J connectivity index is 1.99. The number of hydroxylamine groups is 2. The summed E-state index contributed by atoms with van der Waals surface area (Å²) in [5.74, 6) is -0.934. The van der Waals surface area contributed by atoms with Crippen molar-refractivity contribution in [3.8, 4) is 0 Å². The summed E-state index contributed by atoms with van der Waals surface area (Å²) in [6.45, 7) is 1.05. The largest absolute Gasteiger partial charge is 0.365 e. The maximum Gasteiger partial charge on any atom is 0.296 e. The highest BCUT2D eigenvalue weighted by Crippen LogP contribution is 2.14. The molecule has 1 fully saturated rings. The van der Waals surface area contributed by atoms with Gasteiger partial charge in [-0.15, -0.1) is 0 Å². The molecule has 0 aliphatic carbocycles. The van der Waals surface area contributed by atoms with Gasteiger partial charge in [0, 0.05) is 12.7 Å². The van der Waals surface area contributed by atoms with Crippen LogP contribution >= 0.6 is 0 Å². The lowest BCUT2D eigenvalue weighted by Crippen LogP contribution is -2.32. The molecule has 0 radical (unpaired) electrons. The van der Waals surface area contributed by atoms with Crippen LogP contribution in [0.1, 0.15) is 40.1 Å². The Hall–Kier alpha value is -2.48. The molecule has 3 heterocycles. The summed E-state index contributed by atoms with van der Waals surface area (Å²) in [7, 11) is 0. The minimum atomic E-state index is -0.631. The molecule has 0 atom stereocenters. The number of fused-ring (bicyclic) bond motifs is 1. The van der Waals surface area contributed by atoms with Crippen LogP contribution in [-0.4, -0.2) is 44.6 Å². The topological polar surface area (TPSA) is 103 Å². The Morgan fingerprint density at radius 2 is 2.14 bits per heavy atom. The summed E-state index contributed by atoms with van der Waals surface area (Å²) in [6.07, 6.45) is 5.62. The van der Waals surface area contributed by atoms with Crippen molar-refractivity contribution in [2.75, 3.05) is 13.2 Å². The second-order valence-corrected chi connectivity index (χ2v) is 4.79. The summed E-state index contributed by atoms with van der Waals surface area (Å²) < 4.78 is 1.32. The van der Waals surface area contributed by atoms with E-state index in [2.05, 4.69) is 10.1 Å². The van der Waals surface area contributed by atoms with Crippen molar-refractivity contribution >= 4 is 17.5 Å². The smallest absolute Gasteiger partial charge is 0.296 e. The monoisotopic (exact) mass is 289 g/mol. The third kappa shape index (κ3) is 2.45. The number of nitrogens with zero attached hydrogens (tertiary/aromatic N) is 4. The molecule has 2 N–H and O–H groups in total. The summed E-state index contributed by atoms with van der Waals surface area (Å²) in [5, 5.41) is 5.37. The first-order valence-electron chi connectivity index (χ1n) is 6.76. The lowest BCUT2D eigenvalue weighted by Gasteiger charge is -2.19. The van der Waals surface area contributed by atoms with Crippen LogP contribution in [-0.2, 0) is 4.84 Å². The Kier molecular flexibility index (Phi) is 3.53. The Bertz CT molecular complexity index is 688. The van der Waals surface area contributed by atoms with Gasteiger partial charge in [0.15, 0.2) is 5.65 Å². The molecule has 0 spiro atoms. The fourth-order valence-electron chi connectivity index (χ4n) is 2.29. The zero-order chi connectivity index (χ0) is 14.8. The lowest BCUT2D eigenvalue weighted by molar-refractivity contribution is -0.116. The molecule has 110 valence electrons. The molecule has 1 saturated heterocycles. The molecule has 1 aliphatic rings. The van der Waals surface area contributed by atoms with Crippen molar-refractivity contribution in [2.45, 2.75) is 19.3 Å². The first-order chi connectivity index (χ1) is 10.2. The van der Waals surface area contributed by atoms with E-state index >= 15 is 0 Å². The third-order valence-corrected chi connectivity index (χ3v) is 3.37. The van der Waals surface area contributed by atoms with Gasteiger partial charge >= 0.3 is 0 Å². The van der Waals surface area contributed by atoms with Gasteiger partial charge in [-0.05, 0) is 25.3 Å². The normalized spacial score (nSPS) is 15.9. The van der Waals surface area contributed by atoms with Crippen molar-refractivity contribution in [2.24, 2.45) is 5.73 Å². The average molecular weight is 289 g/mol. The highest BCUT2D eigenvalue weighted by molar-refractivity contribution is 5.99. The van der Waals surface area contributed by atoms with E-state index in [1.807, 2.05) is 0 Å². The van der Waals surface area contributed by atoms with Crippen LogP contribution in [0.15, 0.2) is 18.5 Å². The molecule has 0 bridgehead atoms. The van der Waals surface area contributed by atoms with Crippen LogP contribution in [0.4, 0.5) is 0 Å². The second kappa shape index (κ2) is 5.49. The third-order valence-electron chi connectivity index (χ3n) is 3.37. The Morgan fingerprint density at radius 3 is 2.95 bits per heavy atom. The van der Waals surface area contributed by atoms with E-state index in [0.717, 1.165) is 19.3 Å². The van der Waals surface area contributed by atoms with E-state index in [4.69, 9.17) is 10.6 Å². The van der Waals surface area contributed by atoms with Crippen molar-refractivity contribution < 1.29 is 14.4 Å². The molecule has 0 saturated carbocycles. The standard InChI is InChI=1S/C13H15N5O3/c14-11(19)9-8-16-18-10(4-5-15-12(9)18)13(20)17-6-2-1-3-7-21-17/h4-5,8H,1-3,6-7H2,(H2,14,19). The molecule has 0 aromatic carbocycles. The molecule has 0 unspecified atom stereocenters. The summed E-state index contributed by atoms with van der Waals surface area (Å²) >= 11 is 0. The van der Waals surface area contributed by atoms with E-state index in [1.165, 1.54) is 22.0 Å². The van der Waals surface area contributed by atoms with Crippen LogP contribution in [0.25, 0.3) is 5.65 Å². The zero-order valence-electron chi connectivity index (χ0n) is 11.4. The molecule has 3 rings (SSSR count). The van der Waals surface area contributed by atoms with Crippen LogP contribution in [0.3, 0.4) is 0 Å². The number of hydrogen-bond donors (Lipinski definition) is 1. The van der Waals surface area contributed by atoms with Gasteiger partial charge in [-0.1, -0.05) is 0 Å². The van der Waals surface area contributed by atoms with Gasteiger partial charge in [0.05, 0.1) is 12.8 Å². The molecular weight excluding hydrogens is 274 g/mol. The predicted octanol–water partition coefficient (Wildman–Crippen LogP) is 0.386. The highest BCUT2D eigenvalue weighted by atomic mass is 16.7. The Morgan fingerprint density at radius 1 is 1.29 bits per heavy atom. The van der Waals surface area contributed by atoms with Crippen molar-refractivity contribution in [1.82, 2.24) is 19.7 Å². The van der Waals surface area contributed by atoms with Gasteiger partial charge in [-0.2, -0.15) is 5.10 Å².